The Morgan fingerprint density at radius 1 is 1.10 bits per heavy atom. The van der Waals surface area contributed by atoms with Gasteiger partial charge < -0.3 is 9.47 Å². The summed E-state index contributed by atoms with van der Waals surface area (Å²) in [5.74, 6) is 1.41. The van der Waals surface area contributed by atoms with Crippen molar-refractivity contribution in [3.05, 3.63) is 59.3 Å². The Balaban J connectivity index is 1.20. The molecule has 0 spiro atoms. The number of aromatic nitrogens is 2. The van der Waals surface area contributed by atoms with Gasteiger partial charge in [0.25, 0.3) is 5.91 Å². The first kappa shape index (κ1) is 27.4. The Bertz CT molecular complexity index is 1490. The highest BCUT2D eigenvalue weighted by Gasteiger charge is 2.44. The number of amides is 2. The SMILES string of the molecule is CCc1cc2c(C3=NN(CCCCOc4ccc(C5=NNC(=O)CC5C)cc4)C(=O)C3(C)C)ccc(OC)n2n1. The van der Waals surface area contributed by atoms with Gasteiger partial charge in [-0.1, -0.05) is 13.8 Å². The highest BCUT2D eigenvalue weighted by atomic mass is 16.5. The summed E-state index contributed by atoms with van der Waals surface area (Å²) in [6.45, 7) is 8.95. The van der Waals surface area contributed by atoms with E-state index in [1.54, 1.807) is 16.6 Å². The molecule has 1 aromatic carbocycles. The number of unbranched alkanes of at least 4 members (excludes halogenated alkanes) is 1. The van der Waals surface area contributed by atoms with Crippen LogP contribution in [0, 0.1) is 11.3 Å². The number of ether oxygens (including phenoxy) is 2. The van der Waals surface area contributed by atoms with Gasteiger partial charge in [0.05, 0.1) is 41.8 Å². The van der Waals surface area contributed by atoms with Crippen LogP contribution in [0.4, 0.5) is 0 Å². The number of methoxy groups -OCH3 is 1. The third-order valence-corrected chi connectivity index (χ3v) is 7.49. The van der Waals surface area contributed by atoms with E-state index in [0.29, 0.717) is 25.5 Å². The number of nitrogens with zero attached hydrogens (tertiary/aromatic N) is 5. The molecule has 0 saturated heterocycles. The molecule has 10 nitrogen and oxygen atoms in total. The summed E-state index contributed by atoms with van der Waals surface area (Å²) in [5.41, 5.74) is 7.10. The van der Waals surface area contributed by atoms with Gasteiger partial charge >= 0.3 is 0 Å². The van der Waals surface area contributed by atoms with Gasteiger partial charge in [0.2, 0.25) is 11.8 Å². The third kappa shape index (κ3) is 5.17. The number of fused-ring (bicyclic) bond motifs is 1. The standard InChI is InChI=1S/C30H36N6O4/c1-6-21-18-24-23(13-14-26(39-5)36(24)33-21)28-30(3,4)29(38)35(34-28)15-7-8-16-40-22-11-9-20(10-12-22)27-19(2)17-25(37)31-32-27/h9-14,18-19H,6-8,15-17H2,1-5H3,(H,31,37). The molecule has 5 rings (SSSR count). The van der Waals surface area contributed by atoms with Crippen molar-refractivity contribution in [1.29, 1.82) is 0 Å². The number of benzene rings is 1. The van der Waals surface area contributed by atoms with Gasteiger partial charge in [-0.3, -0.25) is 9.59 Å². The molecule has 40 heavy (non-hydrogen) atoms. The van der Waals surface area contributed by atoms with E-state index in [4.69, 9.17) is 14.6 Å². The number of hydrazone groups is 2. The average Bonchev–Trinajstić information content (AvgIpc) is 3.48. The molecule has 2 aromatic heterocycles. The van der Waals surface area contributed by atoms with Gasteiger partial charge in [0, 0.05) is 30.5 Å². The van der Waals surface area contributed by atoms with Gasteiger partial charge in [-0.25, -0.2) is 15.0 Å². The van der Waals surface area contributed by atoms with Crippen LogP contribution in [0.3, 0.4) is 0 Å². The van der Waals surface area contributed by atoms with Gasteiger partial charge in [0.15, 0.2) is 0 Å². The zero-order valence-electron chi connectivity index (χ0n) is 23.7. The van der Waals surface area contributed by atoms with Crippen molar-refractivity contribution in [2.24, 2.45) is 21.5 Å². The van der Waals surface area contributed by atoms with Gasteiger partial charge in [-0.15, -0.1) is 0 Å². The first-order chi connectivity index (χ1) is 19.2. The van der Waals surface area contributed by atoms with Gasteiger partial charge in [-0.05, 0) is 75.1 Å². The number of hydrogen-bond donors (Lipinski definition) is 1. The second-order valence-electron chi connectivity index (χ2n) is 10.8. The minimum absolute atomic E-state index is 0.0146. The van der Waals surface area contributed by atoms with Crippen LogP contribution in [0.5, 0.6) is 11.6 Å². The monoisotopic (exact) mass is 544 g/mol. The molecule has 0 aliphatic carbocycles. The highest BCUT2D eigenvalue weighted by Crippen LogP contribution is 2.35. The molecule has 0 fully saturated rings. The van der Waals surface area contributed by atoms with Crippen molar-refractivity contribution < 1.29 is 19.1 Å². The summed E-state index contributed by atoms with van der Waals surface area (Å²) in [5, 5.41) is 15.2. The number of rotatable bonds is 10. The van der Waals surface area contributed by atoms with Crippen molar-refractivity contribution in [2.45, 2.75) is 53.4 Å². The van der Waals surface area contributed by atoms with Crippen LogP contribution in [0.15, 0.2) is 52.7 Å². The fourth-order valence-electron chi connectivity index (χ4n) is 5.16. The van der Waals surface area contributed by atoms with Crippen molar-refractivity contribution in [3.63, 3.8) is 0 Å². The Morgan fingerprint density at radius 3 is 2.58 bits per heavy atom. The molecule has 1 atom stereocenters. The van der Waals surface area contributed by atoms with Gasteiger partial charge in [0.1, 0.15) is 5.75 Å². The van der Waals surface area contributed by atoms with E-state index in [1.807, 2.05) is 63.2 Å². The lowest BCUT2D eigenvalue weighted by Crippen LogP contribution is -2.35. The molecule has 2 aliphatic heterocycles. The number of nitrogens with one attached hydrogen (secondary N) is 1. The summed E-state index contributed by atoms with van der Waals surface area (Å²) in [7, 11) is 1.62. The van der Waals surface area contributed by atoms with E-state index in [1.165, 1.54) is 0 Å². The van der Waals surface area contributed by atoms with E-state index in [2.05, 4.69) is 22.5 Å². The fourth-order valence-corrected chi connectivity index (χ4v) is 5.16. The second-order valence-corrected chi connectivity index (χ2v) is 10.8. The van der Waals surface area contributed by atoms with Crippen molar-refractivity contribution in [1.82, 2.24) is 20.0 Å². The fraction of sp³-hybridized carbons (Fsp3) is 0.433. The highest BCUT2D eigenvalue weighted by molar-refractivity contribution is 6.21. The minimum Gasteiger partial charge on any atom is -0.494 e. The Kier molecular flexibility index (Phi) is 7.60. The quantitative estimate of drug-likeness (QED) is 0.385. The van der Waals surface area contributed by atoms with Crippen LogP contribution in [-0.2, 0) is 16.0 Å². The average molecular weight is 545 g/mol. The zero-order chi connectivity index (χ0) is 28.4. The molecule has 0 bridgehead atoms. The molecule has 0 radical (unpaired) electrons. The predicted molar refractivity (Wildman–Crippen MR) is 153 cm³/mol. The number of carbonyl (C=O) groups excluding carboxylic acids is 2. The maximum absolute atomic E-state index is 13.3. The van der Waals surface area contributed by atoms with Gasteiger partial charge in [-0.2, -0.15) is 15.3 Å². The van der Waals surface area contributed by atoms with E-state index in [-0.39, 0.29) is 17.7 Å². The molecule has 4 heterocycles. The number of hydrogen-bond acceptors (Lipinski definition) is 7. The molecule has 3 aromatic rings. The maximum atomic E-state index is 13.3. The van der Waals surface area contributed by atoms with Crippen molar-refractivity contribution in [3.8, 4) is 11.6 Å². The first-order valence-electron chi connectivity index (χ1n) is 13.8. The minimum atomic E-state index is -0.757. The molecular weight excluding hydrogens is 508 g/mol. The van der Waals surface area contributed by atoms with E-state index < -0.39 is 5.41 Å². The van der Waals surface area contributed by atoms with Crippen LogP contribution in [0.2, 0.25) is 0 Å². The lowest BCUT2D eigenvalue weighted by molar-refractivity contribution is -0.135. The molecule has 10 heteroatoms. The van der Waals surface area contributed by atoms with Crippen molar-refractivity contribution >= 4 is 28.8 Å². The molecule has 2 aliphatic rings. The topological polar surface area (TPSA) is 110 Å². The summed E-state index contributed by atoms with van der Waals surface area (Å²) < 4.78 is 13.2. The number of carbonyl (C=O) groups is 2. The largest absolute Gasteiger partial charge is 0.494 e. The van der Waals surface area contributed by atoms with Crippen LogP contribution in [-0.4, -0.2) is 58.1 Å². The molecule has 2 amide bonds. The van der Waals surface area contributed by atoms with Crippen LogP contribution in [0.25, 0.3) is 5.52 Å². The third-order valence-electron chi connectivity index (χ3n) is 7.49. The Hall–Kier alpha value is -4.21. The lowest BCUT2D eigenvalue weighted by atomic mass is 9.83. The normalized spacial score (nSPS) is 18.5. The van der Waals surface area contributed by atoms with Crippen LogP contribution >= 0.6 is 0 Å². The summed E-state index contributed by atoms with van der Waals surface area (Å²) >= 11 is 0. The van der Waals surface area contributed by atoms with E-state index in [9.17, 15) is 9.59 Å². The number of pyridine rings is 1. The van der Waals surface area contributed by atoms with E-state index >= 15 is 0 Å². The van der Waals surface area contributed by atoms with Crippen LogP contribution in [0.1, 0.15) is 63.8 Å². The predicted octanol–water partition coefficient (Wildman–Crippen LogP) is 4.20. The Labute approximate surface area is 234 Å². The summed E-state index contributed by atoms with van der Waals surface area (Å²) in [6.07, 6.45) is 2.77. The second kappa shape index (κ2) is 11.1. The maximum Gasteiger partial charge on any atom is 0.254 e. The summed E-state index contributed by atoms with van der Waals surface area (Å²) in [4.78, 5) is 24.8. The number of aryl methyl sites for hydroxylation is 1. The van der Waals surface area contributed by atoms with E-state index in [0.717, 1.165) is 58.8 Å². The zero-order valence-corrected chi connectivity index (χ0v) is 23.7. The molecule has 210 valence electrons. The smallest absolute Gasteiger partial charge is 0.254 e. The van der Waals surface area contributed by atoms with Crippen LogP contribution < -0.4 is 14.9 Å². The molecule has 0 saturated carbocycles. The molecule has 1 unspecified atom stereocenters. The summed E-state index contributed by atoms with van der Waals surface area (Å²) in [6, 6.07) is 13.6. The lowest BCUT2D eigenvalue weighted by Gasteiger charge is -2.20. The Morgan fingerprint density at radius 2 is 1.88 bits per heavy atom. The molecular formula is C30H36N6O4. The molecule has 1 N–H and O–H groups in total. The first-order valence-corrected chi connectivity index (χ1v) is 13.8. The van der Waals surface area contributed by atoms with Crippen molar-refractivity contribution in [2.75, 3.05) is 20.3 Å².